The average molecular weight is 584 g/mol. The number of nitriles is 1. The monoisotopic (exact) mass is 584 g/mol. The number of hydrogen-bond donors (Lipinski definition) is 0. The van der Waals surface area contributed by atoms with Crippen molar-refractivity contribution in [2.75, 3.05) is 0 Å². The normalized spacial score (nSPS) is 14.0. The van der Waals surface area contributed by atoms with Gasteiger partial charge in [0.05, 0.1) is 23.7 Å². The molecule has 0 amide bonds. The highest BCUT2D eigenvalue weighted by molar-refractivity contribution is 6.88. The van der Waals surface area contributed by atoms with Gasteiger partial charge in [0.15, 0.2) is 5.69 Å². The molecule has 0 saturated heterocycles. The zero-order valence-electron chi connectivity index (χ0n) is 25.3. The minimum atomic E-state index is -0.250. The molecule has 6 aromatic carbocycles. The molecular formula is C41H25BN4. The fourth-order valence-electron chi connectivity index (χ4n) is 8.77. The molecule has 0 saturated carbocycles. The van der Waals surface area contributed by atoms with E-state index in [-0.39, 0.29) is 12.3 Å². The number of fused-ring (bicyclic) bond motifs is 12. The van der Waals surface area contributed by atoms with Crippen molar-refractivity contribution >= 4 is 67.1 Å². The first kappa shape index (κ1) is 25.3. The minimum Gasteiger partial charge on any atom is -0.376 e. The van der Waals surface area contributed by atoms with Gasteiger partial charge in [-0.15, -0.1) is 0 Å². The Balaban J connectivity index is 1.44. The number of aromatic nitrogens is 2. The molecular weight excluding hydrogens is 559 g/mol. The van der Waals surface area contributed by atoms with Gasteiger partial charge in [-0.2, -0.15) is 5.26 Å². The standard InChI is InChI=1S/C41H25BN4/c1-41(2)32-12-6-4-10-26(32)29-20-21-30-27-11-5-8-14-34(27)46(39(30)37(29)41)42-33-13-7-9-15-35(33)45-36-22-25(44-3)17-19-28(36)31-18-16-24(23-43)38(42)40(31)45/h4-22H,1-2H3. The molecule has 0 atom stereocenters. The van der Waals surface area contributed by atoms with Crippen molar-refractivity contribution in [1.29, 1.82) is 5.26 Å². The Morgan fingerprint density at radius 3 is 2.30 bits per heavy atom. The van der Waals surface area contributed by atoms with Gasteiger partial charge in [-0.1, -0.05) is 105 Å². The second-order valence-electron chi connectivity index (χ2n) is 13.1. The van der Waals surface area contributed by atoms with Gasteiger partial charge in [-0.25, -0.2) is 4.85 Å². The predicted molar refractivity (Wildman–Crippen MR) is 189 cm³/mol. The quantitative estimate of drug-likeness (QED) is 0.141. The van der Waals surface area contributed by atoms with E-state index in [4.69, 9.17) is 6.57 Å². The molecule has 0 N–H and O–H groups in total. The van der Waals surface area contributed by atoms with Crippen molar-refractivity contribution in [2.24, 2.45) is 0 Å². The number of rotatable bonds is 1. The molecule has 0 fully saturated rings. The largest absolute Gasteiger partial charge is 0.376 e. The zero-order valence-corrected chi connectivity index (χ0v) is 25.3. The maximum atomic E-state index is 10.7. The van der Waals surface area contributed by atoms with Crippen molar-refractivity contribution in [3.63, 3.8) is 0 Å². The van der Waals surface area contributed by atoms with E-state index in [0.717, 1.165) is 43.9 Å². The maximum absolute atomic E-state index is 10.7. The van der Waals surface area contributed by atoms with Crippen molar-refractivity contribution in [2.45, 2.75) is 19.3 Å². The van der Waals surface area contributed by atoms with Crippen LogP contribution in [0.3, 0.4) is 0 Å². The summed E-state index contributed by atoms with van der Waals surface area (Å²) in [4.78, 5) is 3.76. The molecule has 1 aliphatic heterocycles. The third-order valence-electron chi connectivity index (χ3n) is 10.6. The lowest BCUT2D eigenvalue weighted by Crippen LogP contribution is -2.54. The minimum absolute atomic E-state index is 0.221. The van der Waals surface area contributed by atoms with Crippen LogP contribution >= 0.6 is 0 Å². The zero-order chi connectivity index (χ0) is 30.9. The van der Waals surface area contributed by atoms with Crippen LogP contribution in [-0.2, 0) is 5.41 Å². The molecule has 1 aliphatic carbocycles. The highest BCUT2D eigenvalue weighted by Crippen LogP contribution is 2.52. The van der Waals surface area contributed by atoms with Gasteiger partial charge in [0, 0.05) is 49.2 Å². The highest BCUT2D eigenvalue weighted by Gasteiger charge is 2.42. The van der Waals surface area contributed by atoms with E-state index in [2.05, 4.69) is 131 Å². The Hall–Kier alpha value is -6.04. The molecule has 0 unspecified atom stereocenters. The summed E-state index contributed by atoms with van der Waals surface area (Å²) in [6, 6.07) is 43.4. The van der Waals surface area contributed by atoms with Crippen molar-refractivity contribution < 1.29 is 0 Å². The van der Waals surface area contributed by atoms with Crippen molar-refractivity contribution in [1.82, 2.24) is 9.05 Å². The third kappa shape index (κ3) is 2.89. The van der Waals surface area contributed by atoms with Gasteiger partial charge in [0.1, 0.15) is 0 Å². The Labute approximate surface area is 266 Å². The molecule has 8 aromatic rings. The number of para-hydroxylation sites is 2. The number of nitrogens with zero attached hydrogens (tertiary/aromatic N) is 4. The van der Waals surface area contributed by atoms with Gasteiger partial charge in [0.2, 0.25) is 0 Å². The summed E-state index contributed by atoms with van der Waals surface area (Å²) in [6.07, 6.45) is 0. The van der Waals surface area contributed by atoms with E-state index in [1.807, 2.05) is 18.2 Å². The van der Waals surface area contributed by atoms with Crippen LogP contribution in [0.4, 0.5) is 5.69 Å². The van der Waals surface area contributed by atoms with Gasteiger partial charge in [-0.05, 0) is 57.4 Å². The Morgan fingerprint density at radius 2 is 1.43 bits per heavy atom. The summed E-state index contributed by atoms with van der Waals surface area (Å²) in [6.45, 7) is 12.2. The van der Waals surface area contributed by atoms with Gasteiger partial charge < -0.3 is 9.05 Å². The highest BCUT2D eigenvalue weighted by atomic mass is 15.0. The lowest BCUT2D eigenvalue weighted by Gasteiger charge is -2.30. The van der Waals surface area contributed by atoms with Crippen molar-refractivity contribution in [3.8, 4) is 22.9 Å². The third-order valence-corrected chi connectivity index (χ3v) is 10.6. The first-order valence-electron chi connectivity index (χ1n) is 15.7. The summed E-state index contributed by atoms with van der Waals surface area (Å²) in [5, 5.41) is 15.3. The first-order valence-corrected chi connectivity index (χ1v) is 15.7. The molecule has 5 heteroatoms. The van der Waals surface area contributed by atoms with E-state index in [1.54, 1.807) is 0 Å². The maximum Gasteiger partial charge on any atom is 0.333 e. The smallest absolute Gasteiger partial charge is 0.333 e. The van der Waals surface area contributed by atoms with Crippen LogP contribution in [0.15, 0.2) is 115 Å². The topological polar surface area (TPSA) is 38.0 Å². The molecule has 4 nitrogen and oxygen atoms in total. The lowest BCUT2D eigenvalue weighted by atomic mass is 9.47. The van der Waals surface area contributed by atoms with Gasteiger partial charge >= 0.3 is 6.85 Å². The first-order chi connectivity index (χ1) is 22.5. The lowest BCUT2D eigenvalue weighted by molar-refractivity contribution is 0.664. The van der Waals surface area contributed by atoms with E-state index in [1.165, 1.54) is 38.5 Å². The Morgan fingerprint density at radius 1 is 0.717 bits per heavy atom. The second-order valence-corrected chi connectivity index (χ2v) is 13.1. The van der Waals surface area contributed by atoms with E-state index in [9.17, 15) is 5.26 Å². The predicted octanol–water partition coefficient (Wildman–Crippen LogP) is 8.59. The SMILES string of the molecule is [C-]#[N+]c1ccc2c3ccc(C#N)c4c3n(c2c1)-c1ccccc1B4n1c2ccccc2c2ccc3c(c21)C(C)(C)c1ccccc1-3. The summed E-state index contributed by atoms with van der Waals surface area (Å²) in [7, 11) is 0. The van der Waals surface area contributed by atoms with Crippen LogP contribution in [-0.4, -0.2) is 15.9 Å². The molecule has 46 heavy (non-hydrogen) atoms. The molecule has 0 radical (unpaired) electrons. The number of hydrogen-bond acceptors (Lipinski definition) is 1. The van der Waals surface area contributed by atoms with E-state index >= 15 is 0 Å². The molecule has 0 bridgehead atoms. The molecule has 10 rings (SSSR count). The number of benzene rings is 6. The molecule has 2 aromatic heterocycles. The molecule has 212 valence electrons. The van der Waals surface area contributed by atoms with Crippen molar-refractivity contribution in [3.05, 3.63) is 143 Å². The molecule has 2 aliphatic rings. The van der Waals surface area contributed by atoms with Crippen LogP contribution in [0.5, 0.6) is 0 Å². The van der Waals surface area contributed by atoms with Gasteiger partial charge in [-0.3, -0.25) is 0 Å². The average Bonchev–Trinajstić information content (AvgIpc) is 3.69. The van der Waals surface area contributed by atoms with Crippen LogP contribution in [0.2, 0.25) is 0 Å². The Kier molecular flexibility index (Phi) is 4.71. The van der Waals surface area contributed by atoms with Crippen LogP contribution in [0.1, 0.15) is 30.5 Å². The summed E-state index contributed by atoms with van der Waals surface area (Å²) in [5.41, 5.74) is 13.9. The Bertz CT molecular complexity index is 2760. The fourth-order valence-corrected chi connectivity index (χ4v) is 8.77. The summed E-state index contributed by atoms with van der Waals surface area (Å²) < 4.78 is 4.83. The second kappa shape index (κ2) is 8.57. The summed E-state index contributed by atoms with van der Waals surface area (Å²) >= 11 is 0. The fraction of sp³-hybridized carbons (Fsp3) is 0.0732. The van der Waals surface area contributed by atoms with Crippen LogP contribution in [0.25, 0.3) is 65.3 Å². The molecule has 0 spiro atoms. The summed E-state index contributed by atoms with van der Waals surface area (Å²) in [5.74, 6) is 0. The van der Waals surface area contributed by atoms with Gasteiger partial charge in [0.25, 0.3) is 0 Å². The van der Waals surface area contributed by atoms with E-state index in [0.29, 0.717) is 11.3 Å². The van der Waals surface area contributed by atoms with E-state index < -0.39 is 0 Å². The van der Waals surface area contributed by atoms with Crippen LogP contribution < -0.4 is 10.9 Å². The van der Waals surface area contributed by atoms with Crippen LogP contribution in [0, 0.1) is 17.9 Å². The molecule has 3 heterocycles.